The molecule has 1 fully saturated rings. The van der Waals surface area contributed by atoms with Crippen molar-refractivity contribution in [3.8, 4) is 0 Å². The van der Waals surface area contributed by atoms with Crippen LogP contribution in [0.2, 0.25) is 0 Å². The average Bonchev–Trinajstić information content (AvgIpc) is 3.36. The second-order valence-electron chi connectivity index (χ2n) is 7.17. The molecule has 0 spiro atoms. The van der Waals surface area contributed by atoms with Crippen molar-refractivity contribution in [2.24, 2.45) is 0 Å². The van der Waals surface area contributed by atoms with Crippen molar-refractivity contribution < 1.29 is 22.7 Å². The quantitative estimate of drug-likeness (QED) is 0.495. The molecule has 1 aromatic carbocycles. The first-order chi connectivity index (χ1) is 14.9. The van der Waals surface area contributed by atoms with Crippen molar-refractivity contribution in [3.63, 3.8) is 0 Å². The number of hydrogen-bond donors (Lipinski definition) is 0. The number of thiazole rings is 1. The number of aromatic nitrogens is 3. The van der Waals surface area contributed by atoms with E-state index in [2.05, 4.69) is 9.97 Å². The zero-order valence-electron chi connectivity index (χ0n) is 17.4. The van der Waals surface area contributed by atoms with Crippen molar-refractivity contribution in [3.05, 3.63) is 40.1 Å². The number of nitrogens with zero attached hydrogens (tertiary/aromatic N) is 4. The molecule has 0 unspecified atom stereocenters. The first-order valence-corrected chi connectivity index (χ1v) is 12.3. The molecule has 0 aliphatic carbocycles. The van der Waals surface area contributed by atoms with Crippen molar-refractivity contribution >= 4 is 38.4 Å². The lowest BCUT2D eigenvalue weighted by atomic mass is 10.3. The van der Waals surface area contributed by atoms with E-state index in [1.54, 1.807) is 18.2 Å². The predicted molar refractivity (Wildman–Crippen MR) is 116 cm³/mol. The molecule has 166 valence electrons. The summed E-state index contributed by atoms with van der Waals surface area (Å²) in [5.74, 6) is 0.128. The molecule has 4 rings (SSSR count). The number of carbonyl (C=O) groups excluding carboxylic acids is 1. The Hall–Kier alpha value is -2.34. The number of morpholine rings is 1. The number of carbonyl (C=O) groups is 1. The Morgan fingerprint density at radius 3 is 2.74 bits per heavy atom. The third-order valence-corrected chi connectivity index (χ3v) is 7.80. The smallest absolute Gasteiger partial charge is 0.350 e. The summed E-state index contributed by atoms with van der Waals surface area (Å²) < 4.78 is 40.1. The molecule has 2 aromatic heterocycles. The average molecular weight is 465 g/mol. The highest BCUT2D eigenvalue weighted by molar-refractivity contribution is 7.89. The molecule has 11 heteroatoms. The summed E-state index contributed by atoms with van der Waals surface area (Å²) in [6, 6.07) is 4.96. The maximum absolute atomic E-state index is 13.0. The Balaban J connectivity index is 1.61. The number of rotatable bonds is 7. The molecule has 0 atom stereocenters. The van der Waals surface area contributed by atoms with E-state index in [0.717, 1.165) is 16.9 Å². The van der Waals surface area contributed by atoms with Crippen LogP contribution in [0.25, 0.3) is 11.0 Å². The van der Waals surface area contributed by atoms with Gasteiger partial charge in [0.1, 0.15) is 17.3 Å². The van der Waals surface area contributed by atoms with Gasteiger partial charge in [0.2, 0.25) is 10.0 Å². The number of esters is 1. The summed E-state index contributed by atoms with van der Waals surface area (Å²) in [4.78, 5) is 21.6. The van der Waals surface area contributed by atoms with Gasteiger partial charge in [-0.15, -0.1) is 11.3 Å². The minimum Gasteiger partial charge on any atom is -0.453 e. The number of ether oxygens (including phenoxy) is 2. The van der Waals surface area contributed by atoms with Gasteiger partial charge in [-0.25, -0.2) is 23.2 Å². The van der Waals surface area contributed by atoms with Crippen molar-refractivity contribution in [1.82, 2.24) is 18.8 Å². The van der Waals surface area contributed by atoms with Gasteiger partial charge >= 0.3 is 5.97 Å². The SMILES string of the molecule is CCCn1c(COC(=O)c2cnc(C)s2)nc2cc(S(=O)(=O)N3CCOCC3)ccc21. The molecular weight excluding hydrogens is 440 g/mol. The predicted octanol–water partition coefficient (Wildman–Crippen LogP) is 2.59. The third-order valence-electron chi connectivity index (χ3n) is 5.01. The standard InChI is InChI=1S/C20H24N4O5S2/c1-3-6-24-17-5-4-15(31(26,27)23-7-9-28-10-8-23)11-16(17)22-19(24)13-29-20(25)18-12-21-14(2)30-18/h4-5,11-12H,3,6-10,13H2,1-2H3. The van der Waals surface area contributed by atoms with Crippen LogP contribution in [0.15, 0.2) is 29.3 Å². The molecule has 1 aliphatic heterocycles. The summed E-state index contributed by atoms with van der Waals surface area (Å²) in [5, 5.41) is 0.791. The fourth-order valence-electron chi connectivity index (χ4n) is 3.50. The van der Waals surface area contributed by atoms with E-state index in [-0.39, 0.29) is 11.5 Å². The Kier molecular flexibility index (Phi) is 6.37. The van der Waals surface area contributed by atoms with Crippen LogP contribution >= 0.6 is 11.3 Å². The van der Waals surface area contributed by atoms with Gasteiger partial charge in [0.05, 0.1) is 40.3 Å². The van der Waals surface area contributed by atoms with Crippen molar-refractivity contribution in [1.29, 1.82) is 0 Å². The summed E-state index contributed by atoms with van der Waals surface area (Å²) in [7, 11) is -3.62. The van der Waals surface area contributed by atoms with Crippen molar-refractivity contribution in [2.75, 3.05) is 26.3 Å². The summed E-state index contributed by atoms with van der Waals surface area (Å²) in [6.07, 6.45) is 2.36. The molecule has 31 heavy (non-hydrogen) atoms. The molecule has 0 N–H and O–H groups in total. The van der Waals surface area contributed by atoms with Gasteiger partial charge in [-0.2, -0.15) is 4.31 Å². The Morgan fingerprint density at radius 2 is 2.06 bits per heavy atom. The molecule has 0 amide bonds. The fraction of sp³-hybridized carbons (Fsp3) is 0.450. The lowest BCUT2D eigenvalue weighted by Gasteiger charge is -2.26. The molecule has 0 bridgehead atoms. The van der Waals surface area contributed by atoms with Crippen LogP contribution in [0.3, 0.4) is 0 Å². The maximum atomic E-state index is 13.0. The minimum atomic E-state index is -3.62. The highest BCUT2D eigenvalue weighted by Crippen LogP contribution is 2.24. The van der Waals surface area contributed by atoms with E-state index < -0.39 is 16.0 Å². The van der Waals surface area contributed by atoms with E-state index >= 15 is 0 Å². The van der Waals surface area contributed by atoms with E-state index in [1.807, 2.05) is 18.4 Å². The number of sulfonamides is 1. The molecule has 0 saturated carbocycles. The first kappa shape index (κ1) is 21.9. The second kappa shape index (κ2) is 9.03. The molecule has 3 heterocycles. The van der Waals surface area contributed by atoms with Crippen LogP contribution in [0, 0.1) is 6.92 Å². The Bertz CT molecular complexity index is 1200. The van der Waals surface area contributed by atoms with Gasteiger partial charge in [0.25, 0.3) is 0 Å². The van der Waals surface area contributed by atoms with Crippen LogP contribution < -0.4 is 0 Å². The van der Waals surface area contributed by atoms with Gasteiger partial charge in [-0.3, -0.25) is 0 Å². The van der Waals surface area contributed by atoms with Gasteiger partial charge < -0.3 is 14.0 Å². The van der Waals surface area contributed by atoms with Gasteiger partial charge in [-0.1, -0.05) is 6.92 Å². The summed E-state index contributed by atoms with van der Waals surface area (Å²) in [6.45, 7) is 5.99. The van der Waals surface area contributed by atoms with Crippen LogP contribution in [0.1, 0.15) is 33.8 Å². The maximum Gasteiger partial charge on any atom is 0.350 e. The van der Waals surface area contributed by atoms with E-state index in [1.165, 1.54) is 21.8 Å². The first-order valence-electron chi connectivity index (χ1n) is 10.1. The summed E-state index contributed by atoms with van der Waals surface area (Å²) in [5.41, 5.74) is 1.37. The second-order valence-corrected chi connectivity index (χ2v) is 10.3. The zero-order chi connectivity index (χ0) is 22.0. The molecule has 1 aliphatic rings. The monoisotopic (exact) mass is 464 g/mol. The minimum absolute atomic E-state index is 0.00396. The molecule has 9 nitrogen and oxygen atoms in total. The molecule has 3 aromatic rings. The largest absolute Gasteiger partial charge is 0.453 e. The molecular formula is C20H24N4O5S2. The third kappa shape index (κ3) is 4.49. The Morgan fingerprint density at radius 1 is 1.29 bits per heavy atom. The van der Waals surface area contributed by atoms with Crippen LogP contribution in [-0.4, -0.2) is 59.5 Å². The highest BCUT2D eigenvalue weighted by atomic mass is 32.2. The van der Waals surface area contributed by atoms with Crippen molar-refractivity contribution in [2.45, 2.75) is 38.3 Å². The lowest BCUT2D eigenvalue weighted by molar-refractivity contribution is 0.0464. The Labute approximate surface area is 184 Å². The van der Waals surface area contributed by atoms with Gasteiger partial charge in [-0.05, 0) is 31.5 Å². The van der Waals surface area contributed by atoms with E-state index in [0.29, 0.717) is 49.1 Å². The fourth-order valence-corrected chi connectivity index (χ4v) is 5.60. The summed E-state index contributed by atoms with van der Waals surface area (Å²) >= 11 is 1.28. The van der Waals surface area contributed by atoms with Crippen LogP contribution in [-0.2, 0) is 32.6 Å². The zero-order valence-corrected chi connectivity index (χ0v) is 19.0. The highest BCUT2D eigenvalue weighted by Gasteiger charge is 2.27. The molecule has 1 saturated heterocycles. The number of imidazole rings is 1. The number of benzene rings is 1. The van der Waals surface area contributed by atoms with Gasteiger partial charge in [0.15, 0.2) is 0 Å². The number of fused-ring (bicyclic) bond motifs is 1. The lowest BCUT2D eigenvalue weighted by Crippen LogP contribution is -2.40. The topological polar surface area (TPSA) is 104 Å². The molecule has 0 radical (unpaired) electrons. The van der Waals surface area contributed by atoms with Crippen LogP contribution in [0.5, 0.6) is 0 Å². The van der Waals surface area contributed by atoms with E-state index in [4.69, 9.17) is 9.47 Å². The van der Waals surface area contributed by atoms with E-state index in [9.17, 15) is 13.2 Å². The number of hydrogen-bond acceptors (Lipinski definition) is 8. The van der Waals surface area contributed by atoms with Gasteiger partial charge in [0, 0.05) is 19.6 Å². The number of aryl methyl sites for hydroxylation is 2. The normalized spacial score (nSPS) is 15.4. The van der Waals surface area contributed by atoms with Crippen LogP contribution in [0.4, 0.5) is 0 Å².